The summed E-state index contributed by atoms with van der Waals surface area (Å²) < 4.78 is 16.8. The summed E-state index contributed by atoms with van der Waals surface area (Å²) in [6.07, 6.45) is 2.99. The van der Waals surface area contributed by atoms with E-state index in [4.69, 9.17) is 8.83 Å². The molecule has 0 aromatic carbocycles. The highest BCUT2D eigenvalue weighted by molar-refractivity contribution is 5.84. The zero-order valence-electron chi connectivity index (χ0n) is 11.4. The molecule has 3 heterocycles. The molecule has 0 N–H and O–H groups in total. The molecule has 0 spiro atoms. The largest absolute Gasteiger partial charge is 0.463 e. The van der Waals surface area contributed by atoms with Crippen molar-refractivity contribution in [3.8, 4) is 11.7 Å². The fourth-order valence-corrected chi connectivity index (χ4v) is 1.79. The van der Waals surface area contributed by atoms with Crippen LogP contribution in [0.1, 0.15) is 22.1 Å². The van der Waals surface area contributed by atoms with E-state index in [2.05, 4.69) is 19.8 Å². The summed E-state index contributed by atoms with van der Waals surface area (Å²) in [6.45, 7) is 2.13. The number of aryl methyl sites for hydroxylation is 1. The fraction of sp³-hybridized carbons (Fsp3) is 0.231. The number of aromatic nitrogens is 4. The second-order valence-electron chi connectivity index (χ2n) is 4.26. The van der Waals surface area contributed by atoms with E-state index >= 15 is 0 Å². The number of oxazole rings is 1. The lowest BCUT2D eigenvalue weighted by Gasteiger charge is -1.96. The van der Waals surface area contributed by atoms with Gasteiger partial charge < -0.3 is 13.6 Å². The number of nitrogens with zero attached hydrogens (tertiary/aromatic N) is 4. The third-order valence-corrected chi connectivity index (χ3v) is 2.84. The molecule has 0 fully saturated rings. The van der Waals surface area contributed by atoms with Crippen LogP contribution < -0.4 is 0 Å². The molecule has 0 aliphatic carbocycles. The lowest BCUT2D eigenvalue weighted by atomic mass is 10.4. The van der Waals surface area contributed by atoms with Gasteiger partial charge in [-0.05, 0) is 19.1 Å². The number of methoxy groups -OCH3 is 1. The number of esters is 1. The molecule has 3 aromatic heterocycles. The Bertz CT molecular complexity index is 757. The van der Waals surface area contributed by atoms with Crippen LogP contribution in [0.3, 0.4) is 0 Å². The molecule has 0 aliphatic rings. The van der Waals surface area contributed by atoms with Crippen molar-refractivity contribution < 1.29 is 18.4 Å². The molecule has 0 saturated heterocycles. The zero-order chi connectivity index (χ0) is 14.8. The van der Waals surface area contributed by atoms with Gasteiger partial charge in [-0.25, -0.2) is 19.4 Å². The van der Waals surface area contributed by atoms with Crippen LogP contribution in [0.2, 0.25) is 0 Å². The first kappa shape index (κ1) is 13.1. The lowest BCUT2D eigenvalue weighted by Crippen LogP contribution is -2.07. The highest BCUT2D eigenvalue weighted by Crippen LogP contribution is 2.22. The van der Waals surface area contributed by atoms with Gasteiger partial charge in [-0.2, -0.15) is 0 Å². The summed E-state index contributed by atoms with van der Waals surface area (Å²) in [5.74, 6) is 1.03. The van der Waals surface area contributed by atoms with Gasteiger partial charge in [-0.15, -0.1) is 5.10 Å². The van der Waals surface area contributed by atoms with E-state index in [1.807, 2.05) is 0 Å². The molecule has 0 saturated carbocycles. The van der Waals surface area contributed by atoms with E-state index < -0.39 is 5.97 Å². The van der Waals surface area contributed by atoms with Gasteiger partial charge in [0.05, 0.1) is 19.9 Å². The Morgan fingerprint density at radius 2 is 2.33 bits per heavy atom. The number of carbonyl (C=O) groups excluding carboxylic acids is 1. The number of rotatable bonds is 4. The lowest BCUT2D eigenvalue weighted by molar-refractivity contribution is 0.0586. The number of furan rings is 1. The molecular formula is C13H12N4O4. The average Bonchev–Trinajstić information content (AvgIpc) is 3.20. The molecule has 0 aliphatic heterocycles. The quantitative estimate of drug-likeness (QED) is 0.673. The third kappa shape index (κ3) is 2.55. The van der Waals surface area contributed by atoms with Gasteiger partial charge in [0.2, 0.25) is 0 Å². The van der Waals surface area contributed by atoms with E-state index in [1.54, 1.807) is 25.3 Å². The molecule has 0 bridgehead atoms. The van der Waals surface area contributed by atoms with Gasteiger partial charge in [0.15, 0.2) is 5.76 Å². The van der Waals surface area contributed by atoms with Gasteiger partial charge in [0.25, 0.3) is 11.7 Å². The minimum Gasteiger partial charge on any atom is -0.463 e. The third-order valence-electron chi connectivity index (χ3n) is 2.84. The fourth-order valence-electron chi connectivity index (χ4n) is 1.79. The second-order valence-corrected chi connectivity index (χ2v) is 4.26. The normalized spacial score (nSPS) is 10.8. The van der Waals surface area contributed by atoms with Crippen molar-refractivity contribution >= 4 is 5.97 Å². The molecule has 8 heteroatoms. The Morgan fingerprint density at radius 1 is 1.48 bits per heavy atom. The van der Waals surface area contributed by atoms with Crippen LogP contribution in [0.25, 0.3) is 11.7 Å². The van der Waals surface area contributed by atoms with Crippen molar-refractivity contribution in [3.63, 3.8) is 0 Å². The summed E-state index contributed by atoms with van der Waals surface area (Å²) in [5.41, 5.74) is 0.683. The van der Waals surface area contributed by atoms with E-state index in [-0.39, 0.29) is 5.82 Å². The van der Waals surface area contributed by atoms with Gasteiger partial charge in [-0.3, -0.25) is 0 Å². The maximum atomic E-state index is 11.3. The monoisotopic (exact) mass is 288 g/mol. The Hall–Kier alpha value is -2.90. The van der Waals surface area contributed by atoms with Crippen LogP contribution in [0.5, 0.6) is 0 Å². The molecule has 3 aromatic rings. The van der Waals surface area contributed by atoms with Gasteiger partial charge in [-0.1, -0.05) is 0 Å². The van der Waals surface area contributed by atoms with Crippen molar-refractivity contribution in [2.24, 2.45) is 0 Å². The first-order valence-corrected chi connectivity index (χ1v) is 6.15. The zero-order valence-corrected chi connectivity index (χ0v) is 11.4. The standard InChI is InChI=1S/C13H12N4O4/c1-8-9(15-12(21-8)10-4-3-5-20-10)6-17-7-14-11(16-17)13(18)19-2/h3-5,7H,6H2,1-2H3. The minimum absolute atomic E-state index is 0.00454. The van der Waals surface area contributed by atoms with Crippen molar-refractivity contribution in [1.29, 1.82) is 0 Å². The molecular weight excluding hydrogens is 276 g/mol. The van der Waals surface area contributed by atoms with E-state index in [9.17, 15) is 4.79 Å². The molecule has 0 amide bonds. The number of ether oxygens (including phenoxy) is 1. The first-order chi connectivity index (χ1) is 10.2. The van der Waals surface area contributed by atoms with E-state index in [0.717, 1.165) is 0 Å². The number of carbonyl (C=O) groups is 1. The van der Waals surface area contributed by atoms with Crippen molar-refractivity contribution in [2.45, 2.75) is 13.5 Å². The van der Waals surface area contributed by atoms with E-state index in [0.29, 0.717) is 29.6 Å². The number of hydrogen-bond acceptors (Lipinski definition) is 7. The molecule has 108 valence electrons. The predicted octanol–water partition coefficient (Wildman–Crippen LogP) is 1.67. The van der Waals surface area contributed by atoms with Gasteiger partial charge >= 0.3 is 5.97 Å². The SMILES string of the molecule is COC(=O)c1ncn(Cc2nc(-c3ccco3)oc2C)n1. The second kappa shape index (κ2) is 5.23. The summed E-state index contributed by atoms with van der Waals surface area (Å²) in [5, 5.41) is 4.02. The van der Waals surface area contributed by atoms with Crippen LogP contribution in [0.15, 0.2) is 33.6 Å². The van der Waals surface area contributed by atoms with Crippen molar-refractivity contribution in [2.75, 3.05) is 7.11 Å². The number of hydrogen-bond donors (Lipinski definition) is 0. The average molecular weight is 288 g/mol. The Morgan fingerprint density at radius 3 is 3.05 bits per heavy atom. The molecule has 8 nitrogen and oxygen atoms in total. The summed E-state index contributed by atoms with van der Waals surface area (Å²) >= 11 is 0. The smallest absolute Gasteiger partial charge is 0.377 e. The Balaban J connectivity index is 1.82. The highest BCUT2D eigenvalue weighted by atomic mass is 16.5. The molecule has 21 heavy (non-hydrogen) atoms. The Kier molecular flexibility index (Phi) is 3.27. The van der Waals surface area contributed by atoms with Crippen LogP contribution in [0, 0.1) is 6.92 Å². The van der Waals surface area contributed by atoms with Crippen LogP contribution in [-0.2, 0) is 11.3 Å². The molecule has 0 radical (unpaired) electrons. The van der Waals surface area contributed by atoms with Gasteiger partial charge in [0, 0.05) is 0 Å². The van der Waals surface area contributed by atoms with Crippen LogP contribution >= 0.6 is 0 Å². The first-order valence-electron chi connectivity index (χ1n) is 6.15. The maximum absolute atomic E-state index is 11.3. The molecule has 0 atom stereocenters. The van der Waals surface area contributed by atoms with Crippen molar-refractivity contribution in [1.82, 2.24) is 19.7 Å². The summed E-state index contributed by atoms with van der Waals surface area (Å²) in [6, 6.07) is 3.52. The summed E-state index contributed by atoms with van der Waals surface area (Å²) in [7, 11) is 1.28. The molecule has 3 rings (SSSR count). The predicted molar refractivity (Wildman–Crippen MR) is 69.4 cm³/mol. The van der Waals surface area contributed by atoms with E-state index in [1.165, 1.54) is 18.1 Å². The Labute approximate surface area is 119 Å². The topological polar surface area (TPSA) is 96.2 Å². The highest BCUT2D eigenvalue weighted by Gasteiger charge is 2.16. The van der Waals surface area contributed by atoms with Crippen LogP contribution in [-0.4, -0.2) is 32.8 Å². The van der Waals surface area contributed by atoms with Crippen molar-refractivity contribution in [3.05, 3.63) is 42.0 Å². The van der Waals surface area contributed by atoms with Crippen LogP contribution in [0.4, 0.5) is 0 Å². The van der Waals surface area contributed by atoms with Gasteiger partial charge in [0.1, 0.15) is 17.8 Å². The summed E-state index contributed by atoms with van der Waals surface area (Å²) in [4.78, 5) is 19.5. The molecule has 0 unspecified atom stereocenters. The minimum atomic E-state index is -0.582. The maximum Gasteiger partial charge on any atom is 0.377 e.